The third kappa shape index (κ3) is 66.6. The van der Waals surface area contributed by atoms with Crippen LogP contribution in [0.5, 0.6) is 0 Å². The zero-order chi connectivity index (χ0) is 59.2. The normalized spacial score (nSPS) is 12.9. The molecule has 0 aliphatic rings. The molecule has 82 heavy (non-hydrogen) atoms. The fourth-order valence-corrected chi connectivity index (χ4v) is 9.63. The molecule has 1 unspecified atom stereocenters. The van der Waals surface area contributed by atoms with Crippen LogP contribution in [-0.4, -0.2) is 37.2 Å². The molecule has 0 aromatic heterocycles. The number of allylic oxidation sites excluding steroid dienone is 20. The lowest BCUT2D eigenvalue weighted by Crippen LogP contribution is -2.30. The fourth-order valence-electron chi connectivity index (χ4n) is 9.63. The Morgan fingerprint density at radius 2 is 0.488 bits per heavy atom. The van der Waals surface area contributed by atoms with Crippen LogP contribution in [0.3, 0.4) is 0 Å². The molecule has 0 amide bonds. The van der Waals surface area contributed by atoms with Crippen LogP contribution in [0.1, 0.15) is 323 Å². The van der Waals surface area contributed by atoms with Gasteiger partial charge in [-0.05, 0) is 103 Å². The van der Waals surface area contributed by atoms with Crippen molar-refractivity contribution in [1.82, 2.24) is 0 Å². The Balaban J connectivity index is 4.17. The van der Waals surface area contributed by atoms with Gasteiger partial charge < -0.3 is 14.2 Å². The van der Waals surface area contributed by atoms with Gasteiger partial charge in [-0.2, -0.15) is 0 Å². The molecule has 0 bridgehead atoms. The lowest BCUT2D eigenvalue weighted by Gasteiger charge is -2.18. The minimum Gasteiger partial charge on any atom is -0.462 e. The number of hydrogen-bond donors (Lipinski definition) is 0. The van der Waals surface area contributed by atoms with Gasteiger partial charge in [0.25, 0.3) is 0 Å². The summed E-state index contributed by atoms with van der Waals surface area (Å²) in [5, 5.41) is 0. The van der Waals surface area contributed by atoms with Crippen LogP contribution in [0.15, 0.2) is 122 Å². The SMILES string of the molecule is CC/C=C\C/C=C\C/C=C\C/C=C\C/C=C\CCCCCCCCCCCCCCCCCCCCCC(=O)OCC(COC(=O)CCCCCCCCCCCCCC)OC(=O)CCC/C=C\C/C=C\C/C=C\C/C=C\C/C=C\CC. The van der Waals surface area contributed by atoms with E-state index in [-0.39, 0.29) is 37.5 Å². The average Bonchev–Trinajstić information content (AvgIpc) is 3.47. The van der Waals surface area contributed by atoms with Crippen LogP contribution in [0.25, 0.3) is 0 Å². The summed E-state index contributed by atoms with van der Waals surface area (Å²) < 4.78 is 16.9. The summed E-state index contributed by atoms with van der Waals surface area (Å²) in [6, 6.07) is 0. The Labute approximate surface area is 507 Å². The van der Waals surface area contributed by atoms with Crippen LogP contribution in [0, 0.1) is 0 Å². The largest absolute Gasteiger partial charge is 0.462 e. The lowest BCUT2D eigenvalue weighted by molar-refractivity contribution is -0.167. The first kappa shape index (κ1) is 77.8. The van der Waals surface area contributed by atoms with Crippen molar-refractivity contribution in [3.63, 3.8) is 0 Å². The number of hydrogen-bond acceptors (Lipinski definition) is 6. The number of rotatable bonds is 62. The third-order valence-corrected chi connectivity index (χ3v) is 14.7. The van der Waals surface area contributed by atoms with Crippen molar-refractivity contribution in [1.29, 1.82) is 0 Å². The van der Waals surface area contributed by atoms with Crippen molar-refractivity contribution in [2.75, 3.05) is 13.2 Å². The summed E-state index contributed by atoms with van der Waals surface area (Å²) in [6.07, 6.45) is 96.7. The van der Waals surface area contributed by atoms with Crippen LogP contribution in [0.2, 0.25) is 0 Å². The van der Waals surface area contributed by atoms with Crippen molar-refractivity contribution in [3.05, 3.63) is 122 Å². The van der Waals surface area contributed by atoms with Crippen LogP contribution in [-0.2, 0) is 28.6 Å². The Morgan fingerprint density at radius 1 is 0.256 bits per heavy atom. The van der Waals surface area contributed by atoms with Crippen molar-refractivity contribution in [2.45, 2.75) is 329 Å². The first-order chi connectivity index (χ1) is 40.5. The molecule has 0 saturated carbocycles. The minimum absolute atomic E-state index is 0.0973. The summed E-state index contributed by atoms with van der Waals surface area (Å²) >= 11 is 0. The highest BCUT2D eigenvalue weighted by atomic mass is 16.6. The minimum atomic E-state index is -0.807. The predicted molar refractivity (Wildman–Crippen MR) is 357 cm³/mol. The first-order valence-corrected chi connectivity index (χ1v) is 34.5. The van der Waals surface area contributed by atoms with E-state index < -0.39 is 6.10 Å². The van der Waals surface area contributed by atoms with Crippen molar-refractivity contribution in [3.8, 4) is 0 Å². The maximum absolute atomic E-state index is 12.9. The Bertz CT molecular complexity index is 1690. The van der Waals surface area contributed by atoms with Gasteiger partial charge in [0.05, 0.1) is 0 Å². The van der Waals surface area contributed by atoms with E-state index in [1.807, 2.05) is 0 Å². The highest BCUT2D eigenvalue weighted by Gasteiger charge is 2.19. The summed E-state index contributed by atoms with van der Waals surface area (Å²) in [5.41, 5.74) is 0. The topological polar surface area (TPSA) is 78.9 Å². The van der Waals surface area contributed by atoms with E-state index >= 15 is 0 Å². The number of esters is 3. The van der Waals surface area contributed by atoms with Crippen LogP contribution >= 0.6 is 0 Å². The van der Waals surface area contributed by atoms with Gasteiger partial charge in [-0.15, -0.1) is 0 Å². The molecule has 0 fully saturated rings. The third-order valence-electron chi connectivity index (χ3n) is 14.7. The second-order valence-corrected chi connectivity index (χ2v) is 22.7. The van der Waals surface area contributed by atoms with Gasteiger partial charge in [0.2, 0.25) is 0 Å². The van der Waals surface area contributed by atoms with Gasteiger partial charge in [-0.1, -0.05) is 322 Å². The molecule has 0 aromatic carbocycles. The fraction of sp³-hybridized carbons (Fsp3) is 0.697. The van der Waals surface area contributed by atoms with E-state index in [2.05, 4.69) is 142 Å². The van der Waals surface area contributed by atoms with Crippen LogP contribution in [0.4, 0.5) is 0 Å². The highest BCUT2D eigenvalue weighted by Crippen LogP contribution is 2.17. The van der Waals surface area contributed by atoms with E-state index in [1.165, 1.54) is 167 Å². The summed E-state index contributed by atoms with van der Waals surface area (Å²) in [7, 11) is 0. The molecule has 0 aliphatic heterocycles. The first-order valence-electron chi connectivity index (χ1n) is 34.5. The van der Waals surface area contributed by atoms with E-state index in [0.717, 1.165) is 109 Å². The maximum Gasteiger partial charge on any atom is 0.306 e. The smallest absolute Gasteiger partial charge is 0.306 e. The molecule has 0 saturated heterocycles. The predicted octanol–water partition coefficient (Wildman–Crippen LogP) is 23.9. The average molecular weight is 1140 g/mol. The molecular formula is C76H128O6. The van der Waals surface area contributed by atoms with E-state index in [0.29, 0.717) is 19.3 Å². The highest BCUT2D eigenvalue weighted by molar-refractivity contribution is 5.71. The molecule has 0 radical (unpaired) electrons. The molecule has 0 aliphatic carbocycles. The van der Waals surface area contributed by atoms with Crippen molar-refractivity contribution >= 4 is 17.9 Å². The molecule has 0 heterocycles. The quantitative estimate of drug-likeness (QED) is 0.0261. The van der Waals surface area contributed by atoms with E-state index in [9.17, 15) is 14.4 Å². The molecule has 1 atom stereocenters. The Hall–Kier alpha value is -4.19. The molecule has 0 aromatic rings. The standard InChI is InChI=1S/C76H128O6/c1-4-7-10-13-16-19-22-25-27-29-30-31-32-33-34-35-36-37-38-39-40-41-42-43-44-45-46-48-49-51-54-57-60-63-66-69-75(78)81-72-73(71-80-74(77)68-65-62-59-56-53-24-21-18-15-12-9-6-3)82-76(79)70-67-64-61-58-55-52-50-47-28-26-23-20-17-14-11-8-5-2/h7-8,10-11,16-17,19-20,25-28,30-31,33-34,50,52,58,61,73H,4-6,9,12-15,18,21-24,29,32,35-49,51,53-57,59-60,62-72H2,1-3H3/b10-7-,11-8-,19-16-,20-17-,27-25-,28-26-,31-30-,34-33-,52-50-,61-58-. The molecule has 6 nitrogen and oxygen atoms in total. The molecule has 0 spiro atoms. The second-order valence-electron chi connectivity index (χ2n) is 22.7. The van der Waals surface area contributed by atoms with Gasteiger partial charge in [0.1, 0.15) is 13.2 Å². The molecule has 0 N–H and O–H groups in total. The summed E-state index contributed by atoms with van der Waals surface area (Å²) in [6.45, 7) is 6.39. The van der Waals surface area contributed by atoms with Gasteiger partial charge >= 0.3 is 17.9 Å². The number of ether oxygens (including phenoxy) is 3. The summed E-state index contributed by atoms with van der Waals surface area (Å²) in [5.74, 6) is -0.945. The van der Waals surface area contributed by atoms with Crippen LogP contribution < -0.4 is 0 Å². The Morgan fingerprint density at radius 3 is 0.780 bits per heavy atom. The van der Waals surface area contributed by atoms with E-state index in [4.69, 9.17) is 14.2 Å². The molecule has 468 valence electrons. The Kier molecular flexibility index (Phi) is 65.8. The number of carbonyl (C=O) groups excluding carboxylic acids is 3. The van der Waals surface area contributed by atoms with Gasteiger partial charge in [-0.3, -0.25) is 14.4 Å². The lowest BCUT2D eigenvalue weighted by atomic mass is 10.0. The molecule has 0 rings (SSSR count). The van der Waals surface area contributed by atoms with Gasteiger partial charge in [-0.25, -0.2) is 0 Å². The van der Waals surface area contributed by atoms with Crippen molar-refractivity contribution in [2.24, 2.45) is 0 Å². The van der Waals surface area contributed by atoms with Gasteiger partial charge in [0.15, 0.2) is 6.10 Å². The molecular weight excluding hydrogens is 1010 g/mol. The zero-order valence-electron chi connectivity index (χ0n) is 53.7. The number of unbranched alkanes of at least 4 members (excludes halogenated alkanes) is 31. The van der Waals surface area contributed by atoms with E-state index in [1.54, 1.807) is 0 Å². The second kappa shape index (κ2) is 69.3. The maximum atomic E-state index is 12.9. The monoisotopic (exact) mass is 1140 g/mol. The van der Waals surface area contributed by atoms with Crippen molar-refractivity contribution < 1.29 is 28.6 Å². The van der Waals surface area contributed by atoms with Gasteiger partial charge in [0, 0.05) is 19.3 Å². The molecule has 6 heteroatoms. The number of carbonyl (C=O) groups is 3. The summed E-state index contributed by atoms with van der Waals surface area (Å²) in [4.78, 5) is 38.3. The zero-order valence-corrected chi connectivity index (χ0v) is 53.7.